The number of carboxylic acids is 1. The molecule has 0 saturated carbocycles. The van der Waals surface area contributed by atoms with E-state index in [4.69, 9.17) is 28.7 Å². The van der Waals surface area contributed by atoms with Crippen molar-refractivity contribution >= 4 is 76.9 Å². The van der Waals surface area contributed by atoms with Crippen LogP contribution in [0.2, 0.25) is 0 Å². The van der Waals surface area contributed by atoms with Gasteiger partial charge in [-0.1, -0.05) is 167 Å². The van der Waals surface area contributed by atoms with Crippen molar-refractivity contribution in [2.24, 2.45) is 58.3 Å². The number of nitrogens with one attached hydrogen (secondary N) is 11. The zero-order chi connectivity index (χ0) is 85.3. The predicted molar refractivity (Wildman–Crippen MR) is 442 cm³/mol. The molecule has 640 valence electrons. The van der Waals surface area contributed by atoms with Gasteiger partial charge in [0.05, 0.1) is 6.04 Å². The van der Waals surface area contributed by atoms with E-state index in [1.807, 2.05) is 41.5 Å². The standard InChI is InChI=1S/C84H135N17O14/c1-51(2)45-63(76(106)95-66(49-57-31-16-12-17-32-57)79(109)100-71(55(9)10)82(112)98-68(84(114)115)50-58-33-18-13-19-34-58)94-77(107)65(48-56-29-14-11-15-30-56)96-80(110)69-39-28-44-101(69)83(113)67(47-53(5)6)97-81(111)70(54(7)8)99-78(108)64(46-52(3)4)93-75(105)62(38-23-27-43-88)92-74(104)61(37-22-26-42-87)91-73(103)60(36-21-25-41-86)90-72(102)59(89)35-20-24-40-85/h11-19,29-34,51-55,59-71H,20-28,35-50,85-89H2,1-10H3,(H,90,102)(H,91,103)(H,92,104)(H,93,105)(H,94,107)(H,95,106)(H,96,110)(H,97,111)(H,98,112)(H,99,108)(H,100,109)(H,114,115)/t59-,60-,61-,62-,63-,64-,65-,66-,67-,68-,69-,70-,71-/m0/s1. The minimum atomic E-state index is -1.34. The van der Waals surface area contributed by atoms with Crippen LogP contribution >= 0.6 is 0 Å². The van der Waals surface area contributed by atoms with Crippen LogP contribution in [0.25, 0.3) is 0 Å². The Labute approximate surface area is 679 Å². The van der Waals surface area contributed by atoms with Gasteiger partial charge in [-0.25, -0.2) is 4.79 Å². The maximum atomic E-state index is 15.1. The molecule has 0 aromatic heterocycles. The Morgan fingerprint density at radius 2 is 0.652 bits per heavy atom. The van der Waals surface area contributed by atoms with Gasteiger partial charge >= 0.3 is 5.97 Å². The summed E-state index contributed by atoms with van der Waals surface area (Å²) in [5.41, 5.74) is 31.3. The molecule has 13 atom stereocenters. The van der Waals surface area contributed by atoms with Gasteiger partial charge in [0, 0.05) is 25.8 Å². The van der Waals surface area contributed by atoms with Crippen LogP contribution in [0.3, 0.4) is 0 Å². The van der Waals surface area contributed by atoms with Crippen molar-refractivity contribution in [2.75, 3.05) is 32.7 Å². The van der Waals surface area contributed by atoms with Gasteiger partial charge in [0.25, 0.3) is 0 Å². The van der Waals surface area contributed by atoms with E-state index in [0.29, 0.717) is 101 Å². The minimum Gasteiger partial charge on any atom is -0.480 e. The van der Waals surface area contributed by atoms with E-state index < -0.39 is 167 Å². The van der Waals surface area contributed by atoms with Gasteiger partial charge in [-0.2, -0.15) is 0 Å². The fourth-order valence-corrected chi connectivity index (χ4v) is 13.7. The van der Waals surface area contributed by atoms with Crippen molar-refractivity contribution in [2.45, 2.75) is 276 Å². The maximum Gasteiger partial charge on any atom is 0.326 e. The summed E-state index contributed by atoms with van der Waals surface area (Å²) in [6, 6.07) is 10.6. The molecule has 31 nitrogen and oxygen atoms in total. The van der Waals surface area contributed by atoms with E-state index in [0.717, 1.165) is 0 Å². The zero-order valence-electron chi connectivity index (χ0n) is 69.3. The molecule has 115 heavy (non-hydrogen) atoms. The average molecular weight is 1610 g/mol. The van der Waals surface area contributed by atoms with Crippen LogP contribution in [0.15, 0.2) is 91.0 Å². The van der Waals surface area contributed by atoms with Gasteiger partial charge in [-0.15, -0.1) is 0 Å². The molecule has 22 N–H and O–H groups in total. The monoisotopic (exact) mass is 1610 g/mol. The molecule has 4 rings (SSSR count). The molecule has 1 heterocycles. The summed E-state index contributed by atoms with van der Waals surface area (Å²) < 4.78 is 0. The van der Waals surface area contributed by atoms with E-state index in [2.05, 4.69) is 58.5 Å². The molecule has 31 heteroatoms. The minimum absolute atomic E-state index is 0.0263. The Bertz CT molecular complexity index is 3540. The van der Waals surface area contributed by atoms with Crippen molar-refractivity contribution in [3.8, 4) is 0 Å². The molecule has 1 saturated heterocycles. The predicted octanol–water partition coefficient (Wildman–Crippen LogP) is 2.42. The van der Waals surface area contributed by atoms with E-state index in [-0.39, 0.29) is 95.1 Å². The molecular weight excluding hydrogens is 1470 g/mol. The normalized spacial score (nSPS) is 15.9. The van der Waals surface area contributed by atoms with Crippen LogP contribution in [0.5, 0.6) is 0 Å². The summed E-state index contributed by atoms with van der Waals surface area (Å²) in [5.74, 6) is -11.4. The number of carboxylic acid groups (broad SMARTS) is 1. The van der Waals surface area contributed by atoms with Gasteiger partial charge in [-0.05, 0) is 175 Å². The molecule has 1 aliphatic rings. The number of nitrogens with zero attached hydrogens (tertiary/aromatic N) is 1. The molecule has 1 aliphatic heterocycles. The summed E-state index contributed by atoms with van der Waals surface area (Å²) in [5, 5.41) is 41.1. The Hall–Kier alpha value is -9.43. The molecule has 0 aliphatic carbocycles. The fraction of sp³-hybridized carbons (Fsp3) is 0.631. The van der Waals surface area contributed by atoms with Crippen molar-refractivity contribution in [3.05, 3.63) is 108 Å². The van der Waals surface area contributed by atoms with Crippen LogP contribution < -0.4 is 87.2 Å². The molecule has 0 radical (unpaired) electrons. The average Bonchev–Trinajstić information content (AvgIpc) is 1.71. The van der Waals surface area contributed by atoms with Crippen LogP contribution in [0.1, 0.15) is 195 Å². The van der Waals surface area contributed by atoms with Crippen LogP contribution in [0.4, 0.5) is 0 Å². The van der Waals surface area contributed by atoms with Gasteiger partial charge in [0.1, 0.15) is 72.5 Å². The molecule has 0 spiro atoms. The first-order chi connectivity index (χ1) is 54.7. The number of benzene rings is 3. The lowest BCUT2D eigenvalue weighted by Gasteiger charge is -2.32. The zero-order valence-corrected chi connectivity index (χ0v) is 69.3. The van der Waals surface area contributed by atoms with Crippen molar-refractivity contribution in [1.82, 2.24) is 63.4 Å². The lowest BCUT2D eigenvalue weighted by atomic mass is 9.97. The van der Waals surface area contributed by atoms with Crippen molar-refractivity contribution < 1.29 is 67.4 Å². The van der Waals surface area contributed by atoms with E-state index in [9.17, 15) is 62.6 Å². The first-order valence-corrected chi connectivity index (χ1v) is 41.3. The largest absolute Gasteiger partial charge is 0.480 e. The highest BCUT2D eigenvalue weighted by molar-refractivity contribution is 6.00. The van der Waals surface area contributed by atoms with Crippen molar-refractivity contribution in [1.29, 1.82) is 0 Å². The lowest BCUT2D eigenvalue weighted by molar-refractivity contribution is -0.143. The highest BCUT2D eigenvalue weighted by Gasteiger charge is 2.42. The van der Waals surface area contributed by atoms with E-state index in [1.54, 1.807) is 119 Å². The Balaban J connectivity index is 1.58. The molecule has 0 bridgehead atoms. The Kier molecular flexibility index (Phi) is 44.5. The third-order valence-corrected chi connectivity index (χ3v) is 20.1. The SMILES string of the molecule is CC(C)C[C@H](NC(=O)[C@H](Cc1ccccc1)NC(=O)[C@@H]1CCCN1C(=O)[C@H](CC(C)C)NC(=O)[C@@H](NC(=O)[C@H](CC(C)C)NC(=O)[C@H](CCCCN)NC(=O)[C@H](CCCCN)NC(=O)[C@H](CCCCN)NC(=O)[C@@H](N)CCCCN)C(C)C)C(=O)N[C@@H](Cc1ccccc1)C(=O)N[C@H](C(=O)N[C@@H](Cc1ccccc1)C(=O)O)C(C)C. The van der Waals surface area contributed by atoms with Gasteiger partial charge < -0.3 is 97.2 Å². The molecule has 0 unspecified atom stereocenters. The first-order valence-electron chi connectivity index (χ1n) is 41.3. The second-order valence-corrected chi connectivity index (χ2v) is 32.2. The maximum absolute atomic E-state index is 15.1. The first kappa shape index (κ1) is 97.9. The molecular formula is C84H135N17O14. The highest BCUT2D eigenvalue weighted by atomic mass is 16.4. The van der Waals surface area contributed by atoms with Crippen LogP contribution in [-0.2, 0) is 81.6 Å². The highest BCUT2D eigenvalue weighted by Crippen LogP contribution is 2.23. The fourth-order valence-electron chi connectivity index (χ4n) is 13.7. The molecule has 3 aromatic carbocycles. The smallest absolute Gasteiger partial charge is 0.326 e. The number of amides is 12. The molecule has 3 aromatic rings. The number of nitrogens with two attached hydrogens (primary N) is 5. The number of likely N-dealkylation sites (tertiary alicyclic amines) is 1. The van der Waals surface area contributed by atoms with Gasteiger partial charge in [0.2, 0.25) is 70.9 Å². The molecule has 12 amide bonds. The van der Waals surface area contributed by atoms with E-state index >= 15 is 4.79 Å². The number of hydrogen-bond donors (Lipinski definition) is 17. The number of carbonyl (C=O) groups excluding carboxylic acids is 12. The quantitative estimate of drug-likeness (QED) is 0.0361. The number of rotatable bonds is 54. The summed E-state index contributed by atoms with van der Waals surface area (Å²) >= 11 is 0. The lowest BCUT2D eigenvalue weighted by Crippen LogP contribution is -2.61. The number of unbranched alkanes of at least 4 members (excludes halogenated alkanes) is 4. The third-order valence-electron chi connectivity index (χ3n) is 20.1. The van der Waals surface area contributed by atoms with Gasteiger partial charge in [-0.3, -0.25) is 57.5 Å². The number of carbonyl (C=O) groups is 13. The second-order valence-electron chi connectivity index (χ2n) is 32.2. The number of hydrogen-bond acceptors (Lipinski definition) is 18. The van der Waals surface area contributed by atoms with Crippen LogP contribution in [0, 0.1) is 29.6 Å². The third kappa shape index (κ3) is 35.3. The Morgan fingerprint density at radius 1 is 0.357 bits per heavy atom. The van der Waals surface area contributed by atoms with E-state index in [1.165, 1.54) is 4.90 Å². The topological polar surface area (TPSA) is 508 Å². The Morgan fingerprint density at radius 3 is 1.03 bits per heavy atom. The second kappa shape index (κ2) is 52.2. The summed E-state index contributed by atoms with van der Waals surface area (Å²) in [6.07, 6.45) is 5.52. The summed E-state index contributed by atoms with van der Waals surface area (Å²) in [6.45, 7) is 19.3. The van der Waals surface area contributed by atoms with Crippen molar-refractivity contribution in [3.63, 3.8) is 0 Å². The molecule has 1 fully saturated rings. The number of aliphatic carboxylic acids is 1. The van der Waals surface area contributed by atoms with Crippen LogP contribution in [-0.4, -0.2) is 198 Å². The van der Waals surface area contributed by atoms with Gasteiger partial charge in [0.15, 0.2) is 0 Å². The summed E-state index contributed by atoms with van der Waals surface area (Å²) in [4.78, 5) is 188. The summed E-state index contributed by atoms with van der Waals surface area (Å²) in [7, 11) is 0.